The quantitative estimate of drug-likeness (QED) is 0.673. The van der Waals surface area contributed by atoms with Crippen molar-refractivity contribution in [2.75, 3.05) is 26.2 Å². The second-order valence-electron chi connectivity index (χ2n) is 5.02. The summed E-state index contributed by atoms with van der Waals surface area (Å²) in [4.78, 5) is 13.5. The van der Waals surface area contributed by atoms with Crippen LogP contribution in [0, 0.1) is 11.3 Å². The monoisotopic (exact) mass is 182 g/mol. The van der Waals surface area contributed by atoms with Crippen molar-refractivity contribution in [1.82, 2.24) is 10.2 Å². The van der Waals surface area contributed by atoms with Gasteiger partial charge in [0.05, 0.1) is 0 Å². The van der Waals surface area contributed by atoms with Crippen LogP contribution in [0.5, 0.6) is 0 Å². The van der Waals surface area contributed by atoms with Gasteiger partial charge < -0.3 is 10.2 Å². The topological polar surface area (TPSA) is 32.3 Å². The van der Waals surface area contributed by atoms with E-state index in [2.05, 4.69) is 24.1 Å². The van der Waals surface area contributed by atoms with Crippen molar-refractivity contribution in [2.24, 2.45) is 11.3 Å². The Bertz CT molecular complexity index is 219. The molecule has 3 heteroatoms. The van der Waals surface area contributed by atoms with Crippen LogP contribution in [0.3, 0.4) is 0 Å². The summed E-state index contributed by atoms with van der Waals surface area (Å²) in [6.45, 7) is 8.79. The van der Waals surface area contributed by atoms with Gasteiger partial charge in [-0.2, -0.15) is 0 Å². The van der Waals surface area contributed by atoms with Crippen molar-refractivity contribution >= 4 is 5.91 Å². The van der Waals surface area contributed by atoms with E-state index >= 15 is 0 Å². The molecule has 1 spiro atoms. The fourth-order valence-electron chi connectivity index (χ4n) is 2.52. The Balaban J connectivity index is 1.80. The Labute approximate surface area is 79.5 Å². The third kappa shape index (κ3) is 1.70. The highest BCUT2D eigenvalue weighted by atomic mass is 16.1. The van der Waals surface area contributed by atoms with Gasteiger partial charge in [-0.3, -0.25) is 4.79 Å². The average Bonchev–Trinajstić information content (AvgIpc) is 2.29. The van der Waals surface area contributed by atoms with Crippen LogP contribution < -0.4 is 5.32 Å². The van der Waals surface area contributed by atoms with E-state index in [-0.39, 0.29) is 5.91 Å². The summed E-state index contributed by atoms with van der Waals surface area (Å²) in [5, 5.41) is 2.92. The van der Waals surface area contributed by atoms with Crippen molar-refractivity contribution in [2.45, 2.75) is 20.3 Å². The zero-order chi connectivity index (χ0) is 9.47. The van der Waals surface area contributed by atoms with Crippen LogP contribution in [0.25, 0.3) is 0 Å². The van der Waals surface area contributed by atoms with E-state index in [9.17, 15) is 4.79 Å². The molecule has 2 aliphatic rings. The molecular formula is C10H18N2O. The molecule has 0 atom stereocenters. The van der Waals surface area contributed by atoms with E-state index in [0.717, 1.165) is 32.0 Å². The highest BCUT2D eigenvalue weighted by molar-refractivity contribution is 5.79. The molecule has 2 aliphatic heterocycles. The number of carbonyl (C=O) groups excluding carboxylic acids is 1. The summed E-state index contributed by atoms with van der Waals surface area (Å²) in [5.41, 5.74) is 0.311. The molecule has 0 unspecified atom stereocenters. The van der Waals surface area contributed by atoms with Gasteiger partial charge in [0.15, 0.2) is 0 Å². The first-order valence-electron chi connectivity index (χ1n) is 5.09. The number of rotatable bonds is 2. The van der Waals surface area contributed by atoms with E-state index in [1.54, 1.807) is 0 Å². The van der Waals surface area contributed by atoms with Crippen LogP contribution in [-0.4, -0.2) is 37.0 Å². The summed E-state index contributed by atoms with van der Waals surface area (Å²) in [6.07, 6.45) is 0.752. The van der Waals surface area contributed by atoms with Gasteiger partial charge in [-0.25, -0.2) is 0 Å². The highest BCUT2D eigenvalue weighted by Gasteiger charge is 2.47. The van der Waals surface area contributed by atoms with Crippen LogP contribution in [0.1, 0.15) is 20.3 Å². The minimum absolute atomic E-state index is 0.240. The molecule has 2 fully saturated rings. The van der Waals surface area contributed by atoms with Crippen LogP contribution in [0.2, 0.25) is 0 Å². The number of carbonyl (C=O) groups is 1. The Kier molecular flexibility index (Phi) is 2.06. The number of hydrogen-bond donors (Lipinski definition) is 1. The number of likely N-dealkylation sites (tertiary alicyclic amines) is 1. The Morgan fingerprint density at radius 1 is 1.54 bits per heavy atom. The zero-order valence-electron chi connectivity index (χ0n) is 8.47. The van der Waals surface area contributed by atoms with E-state index in [1.165, 1.54) is 6.54 Å². The molecule has 0 aromatic heterocycles. The zero-order valence-corrected chi connectivity index (χ0v) is 8.47. The summed E-state index contributed by atoms with van der Waals surface area (Å²) >= 11 is 0. The van der Waals surface area contributed by atoms with E-state index in [1.807, 2.05) is 0 Å². The molecular weight excluding hydrogens is 164 g/mol. The molecule has 2 saturated heterocycles. The van der Waals surface area contributed by atoms with Gasteiger partial charge in [0, 0.05) is 38.0 Å². The molecule has 3 nitrogen and oxygen atoms in total. The molecule has 74 valence electrons. The number of amides is 1. The fourth-order valence-corrected chi connectivity index (χ4v) is 2.52. The van der Waals surface area contributed by atoms with Crippen LogP contribution in [0.15, 0.2) is 0 Å². The van der Waals surface area contributed by atoms with Gasteiger partial charge in [0.1, 0.15) is 0 Å². The molecule has 2 rings (SSSR count). The third-order valence-electron chi connectivity index (χ3n) is 2.94. The smallest absolute Gasteiger partial charge is 0.220 e. The predicted octanol–water partition coefficient (Wildman–Crippen LogP) is 0.464. The van der Waals surface area contributed by atoms with Crippen molar-refractivity contribution in [1.29, 1.82) is 0 Å². The van der Waals surface area contributed by atoms with E-state index in [0.29, 0.717) is 5.41 Å². The maximum absolute atomic E-state index is 11.1. The van der Waals surface area contributed by atoms with Gasteiger partial charge in [-0.15, -0.1) is 0 Å². The Hall–Kier alpha value is -0.570. The maximum Gasteiger partial charge on any atom is 0.220 e. The second kappa shape index (κ2) is 2.98. The maximum atomic E-state index is 11.1. The number of nitrogens with zero attached hydrogens (tertiary/aromatic N) is 1. The normalized spacial score (nSPS) is 26.5. The van der Waals surface area contributed by atoms with Gasteiger partial charge in [-0.05, 0) is 5.92 Å². The molecule has 13 heavy (non-hydrogen) atoms. The average molecular weight is 182 g/mol. The second-order valence-corrected chi connectivity index (χ2v) is 5.02. The molecule has 0 saturated carbocycles. The predicted molar refractivity (Wildman–Crippen MR) is 51.3 cm³/mol. The van der Waals surface area contributed by atoms with Crippen LogP contribution in [0.4, 0.5) is 0 Å². The molecule has 1 N–H and O–H groups in total. The first kappa shape index (κ1) is 9.00. The SMILES string of the molecule is CC(C)CN1CC2(CNC(=O)C2)C1. The summed E-state index contributed by atoms with van der Waals surface area (Å²) in [6, 6.07) is 0. The summed E-state index contributed by atoms with van der Waals surface area (Å²) in [7, 11) is 0. The molecule has 0 aliphatic carbocycles. The standard InChI is InChI=1S/C10H18N2O/c1-8(2)4-12-6-10(7-12)3-9(13)11-5-10/h8H,3-7H2,1-2H3,(H,11,13). The van der Waals surface area contributed by atoms with E-state index in [4.69, 9.17) is 0 Å². The van der Waals surface area contributed by atoms with Crippen molar-refractivity contribution in [3.8, 4) is 0 Å². The van der Waals surface area contributed by atoms with Gasteiger partial charge in [0.2, 0.25) is 5.91 Å². The lowest BCUT2D eigenvalue weighted by molar-refractivity contribution is -0.120. The fraction of sp³-hybridized carbons (Fsp3) is 0.900. The lowest BCUT2D eigenvalue weighted by Crippen LogP contribution is -2.58. The summed E-state index contributed by atoms with van der Waals surface area (Å²) < 4.78 is 0. The van der Waals surface area contributed by atoms with Crippen LogP contribution in [-0.2, 0) is 4.79 Å². The molecule has 1 amide bonds. The Morgan fingerprint density at radius 2 is 2.23 bits per heavy atom. The lowest BCUT2D eigenvalue weighted by atomic mass is 9.78. The summed E-state index contributed by atoms with van der Waals surface area (Å²) in [5.74, 6) is 0.978. The van der Waals surface area contributed by atoms with Gasteiger partial charge >= 0.3 is 0 Å². The number of hydrogen-bond acceptors (Lipinski definition) is 2. The molecule has 0 bridgehead atoms. The first-order chi connectivity index (χ1) is 6.10. The van der Waals surface area contributed by atoms with Crippen molar-refractivity contribution in [3.05, 3.63) is 0 Å². The number of nitrogens with one attached hydrogen (secondary N) is 1. The van der Waals surface area contributed by atoms with Crippen molar-refractivity contribution in [3.63, 3.8) is 0 Å². The highest BCUT2D eigenvalue weighted by Crippen LogP contribution is 2.36. The third-order valence-corrected chi connectivity index (χ3v) is 2.94. The Morgan fingerprint density at radius 3 is 2.69 bits per heavy atom. The van der Waals surface area contributed by atoms with Crippen LogP contribution >= 0.6 is 0 Å². The minimum Gasteiger partial charge on any atom is -0.355 e. The van der Waals surface area contributed by atoms with Crippen molar-refractivity contribution < 1.29 is 4.79 Å². The minimum atomic E-state index is 0.240. The van der Waals surface area contributed by atoms with Gasteiger partial charge in [-0.1, -0.05) is 13.8 Å². The van der Waals surface area contributed by atoms with Gasteiger partial charge in [0.25, 0.3) is 0 Å². The largest absolute Gasteiger partial charge is 0.355 e. The lowest BCUT2D eigenvalue weighted by Gasteiger charge is -2.47. The molecule has 2 heterocycles. The molecule has 0 aromatic carbocycles. The molecule has 0 aromatic rings. The molecule has 0 radical (unpaired) electrons. The first-order valence-corrected chi connectivity index (χ1v) is 5.09. The van der Waals surface area contributed by atoms with E-state index < -0.39 is 0 Å².